The second-order valence-corrected chi connectivity index (χ2v) is 7.39. The van der Waals surface area contributed by atoms with E-state index in [-0.39, 0.29) is 11.8 Å². The Bertz CT molecular complexity index is 548. The smallest absolute Gasteiger partial charge is 0.223 e. The van der Waals surface area contributed by atoms with Crippen molar-refractivity contribution < 1.29 is 9.53 Å². The molecule has 1 aromatic rings. The van der Waals surface area contributed by atoms with Gasteiger partial charge < -0.3 is 15.0 Å². The van der Waals surface area contributed by atoms with Gasteiger partial charge in [-0.05, 0) is 61.8 Å². The van der Waals surface area contributed by atoms with Gasteiger partial charge in [0.05, 0.1) is 7.11 Å². The number of likely N-dealkylation sites (tertiary alicyclic amines) is 1. The molecule has 1 unspecified atom stereocenters. The summed E-state index contributed by atoms with van der Waals surface area (Å²) in [6, 6.07) is 8.65. The highest BCUT2D eigenvalue weighted by atomic mass is 16.5. The molecule has 0 radical (unpaired) electrons. The average molecular weight is 330 g/mol. The summed E-state index contributed by atoms with van der Waals surface area (Å²) in [5, 5.41) is 3.67. The summed E-state index contributed by atoms with van der Waals surface area (Å²) in [6.07, 6.45) is 5.55. The Morgan fingerprint density at radius 1 is 1.29 bits per heavy atom. The second-order valence-electron chi connectivity index (χ2n) is 7.39. The van der Waals surface area contributed by atoms with Crippen molar-refractivity contribution in [2.24, 2.45) is 5.92 Å². The molecule has 24 heavy (non-hydrogen) atoms. The molecule has 4 nitrogen and oxygen atoms in total. The molecule has 132 valence electrons. The van der Waals surface area contributed by atoms with E-state index in [1.54, 1.807) is 7.11 Å². The third-order valence-electron chi connectivity index (χ3n) is 5.38. The van der Waals surface area contributed by atoms with E-state index in [1.165, 1.54) is 24.9 Å². The predicted octanol–water partition coefficient (Wildman–Crippen LogP) is 3.18. The molecule has 1 aliphatic heterocycles. The molecule has 1 saturated carbocycles. The van der Waals surface area contributed by atoms with Gasteiger partial charge in [0.15, 0.2) is 0 Å². The summed E-state index contributed by atoms with van der Waals surface area (Å²) in [7, 11) is 1.68. The topological polar surface area (TPSA) is 41.6 Å². The average Bonchev–Trinajstić information content (AvgIpc) is 3.44. The minimum absolute atomic E-state index is 0.221. The van der Waals surface area contributed by atoms with E-state index in [9.17, 15) is 4.79 Å². The highest BCUT2D eigenvalue weighted by molar-refractivity contribution is 5.77. The third kappa shape index (κ3) is 4.73. The maximum Gasteiger partial charge on any atom is 0.223 e. The minimum atomic E-state index is 0.221. The zero-order valence-corrected chi connectivity index (χ0v) is 15.0. The number of ether oxygens (including phenoxy) is 1. The summed E-state index contributed by atoms with van der Waals surface area (Å²) < 4.78 is 5.28. The Labute approximate surface area is 145 Å². The van der Waals surface area contributed by atoms with Gasteiger partial charge in [-0.3, -0.25) is 4.79 Å². The Kier molecular flexibility index (Phi) is 5.77. The summed E-state index contributed by atoms with van der Waals surface area (Å²) >= 11 is 0. The maximum absolute atomic E-state index is 12.6. The predicted molar refractivity (Wildman–Crippen MR) is 96.4 cm³/mol. The largest absolute Gasteiger partial charge is 0.497 e. The standard InChI is InChI=1S/C20H30N2O2/c1-15(17-4-3-5-19(13-17)24-2)12-20(23)22-10-8-18(9-11-22)21-14-16-6-7-16/h3-5,13,15-16,18,21H,6-12,14H2,1-2H3. The molecule has 4 heteroatoms. The normalized spacial score (nSPS) is 20.0. The van der Waals surface area contributed by atoms with Crippen LogP contribution in [0.4, 0.5) is 0 Å². The Morgan fingerprint density at radius 3 is 2.71 bits per heavy atom. The van der Waals surface area contributed by atoms with Crippen LogP contribution in [-0.4, -0.2) is 43.6 Å². The molecule has 0 spiro atoms. The molecule has 1 atom stereocenters. The molecule has 0 aromatic heterocycles. The van der Waals surface area contributed by atoms with Crippen molar-refractivity contribution in [3.8, 4) is 5.75 Å². The van der Waals surface area contributed by atoms with Gasteiger partial charge in [-0.15, -0.1) is 0 Å². The monoisotopic (exact) mass is 330 g/mol. The van der Waals surface area contributed by atoms with Gasteiger partial charge in [0.1, 0.15) is 5.75 Å². The van der Waals surface area contributed by atoms with Crippen LogP contribution in [-0.2, 0) is 4.79 Å². The number of carbonyl (C=O) groups is 1. The summed E-state index contributed by atoms with van der Waals surface area (Å²) in [4.78, 5) is 14.6. The van der Waals surface area contributed by atoms with Gasteiger partial charge in [0, 0.05) is 25.6 Å². The SMILES string of the molecule is COc1cccc(C(C)CC(=O)N2CCC(NCC3CC3)CC2)c1. The van der Waals surface area contributed by atoms with Crippen LogP contribution in [0, 0.1) is 5.92 Å². The molecule has 1 saturated heterocycles. The first-order chi connectivity index (χ1) is 11.7. The lowest BCUT2D eigenvalue weighted by atomic mass is 9.96. The number of amides is 1. The van der Waals surface area contributed by atoms with E-state index in [1.807, 2.05) is 23.1 Å². The molecule has 1 heterocycles. The fourth-order valence-corrected chi connectivity index (χ4v) is 3.45. The van der Waals surface area contributed by atoms with Crippen LogP contribution in [0.1, 0.15) is 50.5 Å². The highest BCUT2D eigenvalue weighted by Gasteiger charge is 2.26. The number of hydrogen-bond acceptors (Lipinski definition) is 3. The summed E-state index contributed by atoms with van der Waals surface area (Å²) in [6.45, 7) is 5.08. The van der Waals surface area contributed by atoms with Crippen LogP contribution < -0.4 is 10.1 Å². The van der Waals surface area contributed by atoms with Crippen molar-refractivity contribution in [2.75, 3.05) is 26.7 Å². The van der Waals surface area contributed by atoms with Gasteiger partial charge in [-0.2, -0.15) is 0 Å². The van der Waals surface area contributed by atoms with Crippen LogP contribution in [0.25, 0.3) is 0 Å². The first kappa shape index (κ1) is 17.3. The molecule has 1 aromatic carbocycles. The fraction of sp³-hybridized carbons (Fsp3) is 0.650. The van der Waals surface area contributed by atoms with Crippen molar-refractivity contribution in [3.63, 3.8) is 0 Å². The lowest BCUT2D eigenvalue weighted by molar-refractivity contribution is -0.132. The zero-order chi connectivity index (χ0) is 16.9. The molecule has 3 rings (SSSR count). The lowest BCUT2D eigenvalue weighted by Crippen LogP contribution is -2.45. The molecule has 0 bridgehead atoms. The number of nitrogens with one attached hydrogen (secondary N) is 1. The van der Waals surface area contributed by atoms with Gasteiger partial charge in [-0.1, -0.05) is 19.1 Å². The van der Waals surface area contributed by atoms with Crippen molar-refractivity contribution in [2.45, 2.75) is 51.0 Å². The van der Waals surface area contributed by atoms with Crippen molar-refractivity contribution in [3.05, 3.63) is 29.8 Å². The minimum Gasteiger partial charge on any atom is -0.497 e. The quantitative estimate of drug-likeness (QED) is 0.835. The summed E-state index contributed by atoms with van der Waals surface area (Å²) in [5.41, 5.74) is 1.17. The van der Waals surface area contributed by atoms with Gasteiger partial charge in [0.2, 0.25) is 5.91 Å². The van der Waals surface area contributed by atoms with E-state index >= 15 is 0 Å². The highest BCUT2D eigenvalue weighted by Crippen LogP contribution is 2.28. The van der Waals surface area contributed by atoms with Crippen LogP contribution in [0.15, 0.2) is 24.3 Å². The number of methoxy groups -OCH3 is 1. The van der Waals surface area contributed by atoms with Crippen molar-refractivity contribution >= 4 is 5.91 Å². The van der Waals surface area contributed by atoms with E-state index in [4.69, 9.17) is 4.74 Å². The Balaban J connectivity index is 1.44. The number of carbonyl (C=O) groups excluding carboxylic acids is 1. The first-order valence-electron chi connectivity index (χ1n) is 9.31. The number of rotatable bonds is 7. The zero-order valence-electron chi connectivity index (χ0n) is 15.0. The van der Waals surface area contributed by atoms with E-state index in [0.29, 0.717) is 12.5 Å². The van der Waals surface area contributed by atoms with E-state index in [0.717, 1.165) is 37.6 Å². The van der Waals surface area contributed by atoms with Gasteiger partial charge in [0.25, 0.3) is 0 Å². The molecule has 1 amide bonds. The molecular weight excluding hydrogens is 300 g/mol. The Morgan fingerprint density at radius 2 is 2.04 bits per heavy atom. The number of benzene rings is 1. The first-order valence-corrected chi connectivity index (χ1v) is 9.31. The number of hydrogen-bond donors (Lipinski definition) is 1. The maximum atomic E-state index is 12.6. The number of piperidine rings is 1. The van der Waals surface area contributed by atoms with E-state index in [2.05, 4.69) is 18.3 Å². The van der Waals surface area contributed by atoms with Crippen molar-refractivity contribution in [1.82, 2.24) is 10.2 Å². The van der Waals surface area contributed by atoms with E-state index < -0.39 is 0 Å². The van der Waals surface area contributed by atoms with Gasteiger partial charge in [-0.25, -0.2) is 0 Å². The van der Waals surface area contributed by atoms with Gasteiger partial charge >= 0.3 is 0 Å². The van der Waals surface area contributed by atoms with Crippen LogP contribution >= 0.6 is 0 Å². The summed E-state index contributed by atoms with van der Waals surface area (Å²) in [5.74, 6) is 2.28. The van der Waals surface area contributed by atoms with Crippen LogP contribution in [0.2, 0.25) is 0 Å². The second kappa shape index (κ2) is 8.02. The Hall–Kier alpha value is -1.55. The molecule has 1 N–H and O–H groups in total. The molecular formula is C20H30N2O2. The number of nitrogens with zero attached hydrogens (tertiary/aromatic N) is 1. The lowest BCUT2D eigenvalue weighted by Gasteiger charge is -2.33. The molecule has 2 fully saturated rings. The fourth-order valence-electron chi connectivity index (χ4n) is 3.45. The van der Waals surface area contributed by atoms with Crippen LogP contribution in [0.3, 0.4) is 0 Å². The molecule has 2 aliphatic rings. The van der Waals surface area contributed by atoms with Crippen LogP contribution in [0.5, 0.6) is 5.75 Å². The van der Waals surface area contributed by atoms with Crippen molar-refractivity contribution in [1.29, 1.82) is 0 Å². The third-order valence-corrected chi connectivity index (χ3v) is 5.38. The molecule has 1 aliphatic carbocycles.